The van der Waals surface area contributed by atoms with E-state index in [-0.39, 0.29) is 0 Å². The lowest BCUT2D eigenvalue weighted by molar-refractivity contribution is 0.736. The van der Waals surface area contributed by atoms with Crippen LogP contribution in [-0.4, -0.2) is 9.55 Å². The molecule has 0 aliphatic heterocycles. The molecule has 84 valence electrons. The molecule has 0 spiro atoms. The van der Waals surface area contributed by atoms with Crippen molar-refractivity contribution in [1.29, 1.82) is 0 Å². The summed E-state index contributed by atoms with van der Waals surface area (Å²) in [6.07, 6.45) is 2.94. The van der Waals surface area contributed by atoms with Crippen LogP contribution in [0.1, 0.15) is 18.2 Å². The highest BCUT2D eigenvalue weighted by atomic mass is 35.5. The minimum atomic E-state index is 0.761. The smallest absolute Gasteiger partial charge is 0.177 e. The molecular weight excluding hydrogens is 240 g/mol. The summed E-state index contributed by atoms with van der Waals surface area (Å²) >= 11 is 11.1. The summed E-state index contributed by atoms with van der Waals surface area (Å²) in [6, 6.07) is 7.85. The predicted molar refractivity (Wildman–Crippen MR) is 69.5 cm³/mol. The molecule has 2 nitrogen and oxygen atoms in total. The number of imidazole rings is 1. The summed E-state index contributed by atoms with van der Waals surface area (Å²) in [4.78, 5) is 3.07. The second-order valence-corrected chi connectivity index (χ2v) is 4.47. The first-order valence-electron chi connectivity index (χ1n) is 5.22. The van der Waals surface area contributed by atoms with Crippen molar-refractivity contribution in [3.05, 3.63) is 51.5 Å². The van der Waals surface area contributed by atoms with E-state index in [4.69, 9.17) is 23.8 Å². The Morgan fingerprint density at radius 1 is 1.31 bits per heavy atom. The Morgan fingerprint density at radius 2 is 2.00 bits per heavy atom. The summed E-state index contributed by atoms with van der Waals surface area (Å²) in [7, 11) is 0. The summed E-state index contributed by atoms with van der Waals surface area (Å²) in [5.41, 5.74) is 2.43. The minimum Gasteiger partial charge on any atom is -0.337 e. The van der Waals surface area contributed by atoms with E-state index in [1.165, 1.54) is 11.3 Å². The van der Waals surface area contributed by atoms with Gasteiger partial charge in [0.05, 0.1) is 6.54 Å². The molecular formula is C12H13ClN2S. The van der Waals surface area contributed by atoms with Crippen molar-refractivity contribution in [2.75, 3.05) is 0 Å². The van der Waals surface area contributed by atoms with Gasteiger partial charge in [-0.3, -0.25) is 0 Å². The van der Waals surface area contributed by atoms with Crippen LogP contribution < -0.4 is 0 Å². The number of H-pyrrole nitrogens is 1. The van der Waals surface area contributed by atoms with Crippen molar-refractivity contribution in [2.24, 2.45) is 0 Å². The van der Waals surface area contributed by atoms with E-state index in [1.807, 2.05) is 30.5 Å². The molecule has 0 bridgehead atoms. The summed E-state index contributed by atoms with van der Waals surface area (Å²) in [6.45, 7) is 2.92. The minimum absolute atomic E-state index is 0.761. The van der Waals surface area contributed by atoms with Gasteiger partial charge in [-0.15, -0.1) is 0 Å². The Labute approximate surface area is 105 Å². The molecule has 16 heavy (non-hydrogen) atoms. The molecule has 1 aromatic carbocycles. The quantitative estimate of drug-likeness (QED) is 0.824. The fraction of sp³-hybridized carbons (Fsp3) is 0.250. The molecule has 2 rings (SSSR count). The molecule has 0 aliphatic rings. The molecule has 0 radical (unpaired) electrons. The summed E-state index contributed by atoms with van der Waals surface area (Å²) < 4.78 is 2.88. The molecule has 2 aromatic rings. The van der Waals surface area contributed by atoms with Crippen molar-refractivity contribution in [1.82, 2.24) is 9.55 Å². The molecule has 0 saturated heterocycles. The van der Waals surface area contributed by atoms with Crippen LogP contribution in [0.3, 0.4) is 0 Å². The molecule has 0 amide bonds. The van der Waals surface area contributed by atoms with Gasteiger partial charge in [0.2, 0.25) is 0 Å². The van der Waals surface area contributed by atoms with Gasteiger partial charge in [-0.2, -0.15) is 0 Å². The van der Waals surface area contributed by atoms with E-state index in [2.05, 4.69) is 16.5 Å². The number of hydrogen-bond acceptors (Lipinski definition) is 1. The highest BCUT2D eigenvalue weighted by Gasteiger charge is 2.02. The third-order valence-corrected chi connectivity index (χ3v) is 3.16. The molecule has 1 heterocycles. The predicted octanol–water partition coefficient (Wildman–Crippen LogP) is 3.81. The van der Waals surface area contributed by atoms with Crippen LogP contribution in [0.4, 0.5) is 0 Å². The molecule has 0 unspecified atom stereocenters. The third kappa shape index (κ3) is 2.36. The van der Waals surface area contributed by atoms with Crippen LogP contribution in [0.5, 0.6) is 0 Å². The number of hydrogen-bond donors (Lipinski definition) is 1. The highest BCUT2D eigenvalue weighted by Crippen LogP contribution is 2.12. The number of rotatable bonds is 3. The van der Waals surface area contributed by atoms with E-state index >= 15 is 0 Å². The molecule has 1 aromatic heterocycles. The lowest BCUT2D eigenvalue weighted by Crippen LogP contribution is -2.03. The monoisotopic (exact) mass is 252 g/mol. The van der Waals surface area contributed by atoms with Crippen molar-refractivity contribution in [3.63, 3.8) is 0 Å². The van der Waals surface area contributed by atoms with Crippen LogP contribution in [0.25, 0.3) is 0 Å². The average molecular weight is 253 g/mol. The zero-order valence-electron chi connectivity index (χ0n) is 9.03. The molecule has 4 heteroatoms. The second-order valence-electron chi connectivity index (χ2n) is 3.65. The average Bonchev–Trinajstić information content (AvgIpc) is 2.63. The van der Waals surface area contributed by atoms with Crippen LogP contribution >= 0.6 is 23.8 Å². The van der Waals surface area contributed by atoms with Crippen molar-refractivity contribution in [2.45, 2.75) is 19.9 Å². The van der Waals surface area contributed by atoms with Gasteiger partial charge in [0.15, 0.2) is 4.77 Å². The maximum atomic E-state index is 5.85. The molecule has 0 atom stereocenters. The fourth-order valence-electron chi connectivity index (χ4n) is 1.67. The Kier molecular flexibility index (Phi) is 3.46. The van der Waals surface area contributed by atoms with Gasteiger partial charge < -0.3 is 9.55 Å². The highest BCUT2D eigenvalue weighted by molar-refractivity contribution is 7.71. The fourth-order valence-corrected chi connectivity index (χ4v) is 2.04. The number of nitrogens with zero attached hydrogens (tertiary/aromatic N) is 1. The van der Waals surface area contributed by atoms with Gasteiger partial charge in [-0.25, -0.2) is 0 Å². The van der Waals surface area contributed by atoms with Gasteiger partial charge in [-0.05, 0) is 36.3 Å². The van der Waals surface area contributed by atoms with Crippen molar-refractivity contribution < 1.29 is 0 Å². The number of aryl methyl sites for hydroxylation is 1. The number of aromatic amines is 1. The van der Waals surface area contributed by atoms with E-state index in [0.29, 0.717) is 0 Å². The van der Waals surface area contributed by atoms with Crippen molar-refractivity contribution in [3.8, 4) is 0 Å². The largest absolute Gasteiger partial charge is 0.337 e. The summed E-state index contributed by atoms with van der Waals surface area (Å²) in [5, 5.41) is 0.761. The standard InChI is InChI=1S/C12H13ClN2S/c1-2-11-7-14-12(16)15(11)8-9-3-5-10(13)6-4-9/h3-7H,2,8H2,1H3,(H,14,16). The first kappa shape index (κ1) is 11.4. The first-order chi connectivity index (χ1) is 7.70. The molecule has 1 N–H and O–H groups in total. The van der Waals surface area contributed by atoms with E-state index in [0.717, 1.165) is 22.8 Å². The topological polar surface area (TPSA) is 20.7 Å². The van der Waals surface area contributed by atoms with E-state index < -0.39 is 0 Å². The number of benzene rings is 1. The maximum Gasteiger partial charge on any atom is 0.177 e. The Balaban J connectivity index is 2.29. The Hall–Kier alpha value is -1.06. The molecule has 0 fully saturated rings. The second kappa shape index (κ2) is 4.85. The van der Waals surface area contributed by atoms with Gasteiger partial charge in [0.25, 0.3) is 0 Å². The lowest BCUT2D eigenvalue weighted by Gasteiger charge is -2.06. The van der Waals surface area contributed by atoms with Gasteiger partial charge in [0.1, 0.15) is 0 Å². The Bertz CT molecular complexity index is 525. The van der Waals surface area contributed by atoms with Gasteiger partial charge in [0, 0.05) is 16.9 Å². The van der Waals surface area contributed by atoms with E-state index in [1.54, 1.807) is 0 Å². The number of nitrogens with one attached hydrogen (secondary N) is 1. The summed E-state index contributed by atoms with van der Waals surface area (Å²) in [5.74, 6) is 0. The van der Waals surface area contributed by atoms with Crippen LogP contribution in [-0.2, 0) is 13.0 Å². The number of halogens is 1. The first-order valence-corrected chi connectivity index (χ1v) is 6.01. The normalized spacial score (nSPS) is 10.6. The third-order valence-electron chi connectivity index (χ3n) is 2.57. The SMILES string of the molecule is CCc1c[nH]c(=S)n1Cc1ccc(Cl)cc1. The van der Waals surface area contributed by atoms with E-state index in [9.17, 15) is 0 Å². The van der Waals surface area contributed by atoms with Gasteiger partial charge >= 0.3 is 0 Å². The molecule has 0 aliphatic carbocycles. The zero-order valence-corrected chi connectivity index (χ0v) is 10.6. The maximum absolute atomic E-state index is 5.85. The van der Waals surface area contributed by atoms with Crippen molar-refractivity contribution >= 4 is 23.8 Å². The van der Waals surface area contributed by atoms with Crippen LogP contribution in [0.15, 0.2) is 30.5 Å². The van der Waals surface area contributed by atoms with Crippen LogP contribution in [0.2, 0.25) is 5.02 Å². The lowest BCUT2D eigenvalue weighted by atomic mass is 10.2. The van der Waals surface area contributed by atoms with Crippen LogP contribution in [0, 0.1) is 4.77 Å². The Morgan fingerprint density at radius 3 is 2.62 bits per heavy atom. The van der Waals surface area contributed by atoms with Gasteiger partial charge in [-0.1, -0.05) is 30.7 Å². The molecule has 0 saturated carbocycles. The zero-order chi connectivity index (χ0) is 11.5. The number of aromatic nitrogens is 2.